The van der Waals surface area contributed by atoms with E-state index >= 15 is 0 Å². The molecule has 3 aromatic rings. The van der Waals surface area contributed by atoms with E-state index in [9.17, 15) is 24.6 Å². The summed E-state index contributed by atoms with van der Waals surface area (Å²) in [5.41, 5.74) is 2.31. The van der Waals surface area contributed by atoms with Crippen LogP contribution in [0.1, 0.15) is 48.4 Å². The number of hydrogen-bond acceptors (Lipinski definition) is 8. The van der Waals surface area contributed by atoms with Crippen molar-refractivity contribution in [1.29, 1.82) is 0 Å². The number of aromatic nitrogens is 2. The van der Waals surface area contributed by atoms with Crippen molar-refractivity contribution in [3.63, 3.8) is 0 Å². The molecule has 6 heterocycles. The van der Waals surface area contributed by atoms with Crippen LogP contribution in [0.5, 0.6) is 5.75 Å². The topological polar surface area (TPSA) is 131 Å². The van der Waals surface area contributed by atoms with Gasteiger partial charge in [0.05, 0.1) is 34.6 Å². The third-order valence-corrected chi connectivity index (χ3v) is 9.24. The van der Waals surface area contributed by atoms with Crippen molar-refractivity contribution in [2.45, 2.75) is 51.5 Å². The molecule has 0 spiro atoms. The maximum absolute atomic E-state index is 13.7. The molecule has 5 aliphatic rings. The summed E-state index contributed by atoms with van der Waals surface area (Å²) in [6.45, 7) is 7.96. The van der Waals surface area contributed by atoms with Crippen molar-refractivity contribution in [2.75, 3.05) is 19.7 Å². The van der Waals surface area contributed by atoms with Crippen LogP contribution in [0.2, 0.25) is 0 Å². The summed E-state index contributed by atoms with van der Waals surface area (Å²) in [6.07, 6.45) is 2.65. The van der Waals surface area contributed by atoms with Crippen LogP contribution in [-0.4, -0.2) is 56.3 Å². The van der Waals surface area contributed by atoms with Crippen LogP contribution in [0.25, 0.3) is 22.3 Å². The highest BCUT2D eigenvalue weighted by Gasteiger charge is 2.45. The molecule has 1 atom stereocenters. The molecule has 2 bridgehead atoms. The number of aliphatic hydroxyl groups is 1. The van der Waals surface area contributed by atoms with E-state index in [1.54, 1.807) is 23.6 Å². The van der Waals surface area contributed by atoms with E-state index in [-0.39, 0.29) is 30.8 Å². The maximum atomic E-state index is 13.7. The number of aliphatic carboxylic acids is 1. The Morgan fingerprint density at radius 1 is 1.20 bits per heavy atom. The molecule has 41 heavy (non-hydrogen) atoms. The Labute approximate surface area is 235 Å². The highest BCUT2D eigenvalue weighted by atomic mass is 16.6. The molecule has 2 N–H and O–H groups in total. The molecule has 1 aliphatic carbocycles. The fourth-order valence-electron chi connectivity index (χ4n) is 6.97. The second-order valence-electron chi connectivity index (χ2n) is 11.8. The van der Waals surface area contributed by atoms with Crippen LogP contribution in [0, 0.1) is 11.8 Å². The molecule has 1 saturated carbocycles. The Bertz CT molecular complexity index is 1710. The first-order valence-corrected chi connectivity index (χ1v) is 14.0. The van der Waals surface area contributed by atoms with Gasteiger partial charge in [-0.2, -0.15) is 0 Å². The molecular formula is C31H31N3O7. The van der Waals surface area contributed by atoms with Gasteiger partial charge < -0.3 is 24.3 Å². The fourth-order valence-corrected chi connectivity index (χ4v) is 6.97. The second kappa shape index (κ2) is 9.25. The van der Waals surface area contributed by atoms with Crippen molar-refractivity contribution in [1.82, 2.24) is 14.5 Å². The van der Waals surface area contributed by atoms with Crippen molar-refractivity contribution < 1.29 is 29.3 Å². The first kappa shape index (κ1) is 25.9. The SMILES string of the molecule is C=C(COc1ccc2nc3c(c(CN4CC5CC(C5)C4)c2c1)Cn1c-3cc2c(c1=O)COC(=O)[C@]2(O)CC)C(=O)O. The number of benzene rings is 1. The minimum Gasteiger partial charge on any atom is -0.489 e. The number of carboxylic acids is 1. The largest absolute Gasteiger partial charge is 0.489 e. The molecule has 0 radical (unpaired) electrons. The molecule has 8 rings (SSSR count). The molecule has 1 aromatic carbocycles. The number of pyridine rings is 2. The van der Waals surface area contributed by atoms with Gasteiger partial charge in [-0.05, 0) is 60.9 Å². The summed E-state index contributed by atoms with van der Waals surface area (Å²) in [5, 5.41) is 21.3. The summed E-state index contributed by atoms with van der Waals surface area (Å²) in [6, 6.07) is 7.21. The molecule has 2 aromatic heterocycles. The van der Waals surface area contributed by atoms with Crippen molar-refractivity contribution in [3.05, 3.63) is 69.0 Å². The molecule has 2 saturated heterocycles. The number of piperidine rings is 2. The van der Waals surface area contributed by atoms with Crippen LogP contribution in [0.4, 0.5) is 0 Å². The summed E-state index contributed by atoms with van der Waals surface area (Å²) in [5.74, 6) is 0.0843. The lowest BCUT2D eigenvalue weighted by Crippen LogP contribution is -2.48. The fraction of sp³-hybridized carbons (Fsp3) is 0.419. The molecule has 10 nitrogen and oxygen atoms in total. The van der Waals surface area contributed by atoms with Crippen LogP contribution >= 0.6 is 0 Å². The molecule has 212 valence electrons. The number of cyclic esters (lactones) is 1. The number of fused-ring (bicyclic) bond motifs is 7. The van der Waals surface area contributed by atoms with E-state index in [4.69, 9.17) is 14.5 Å². The van der Waals surface area contributed by atoms with Gasteiger partial charge in [0.2, 0.25) is 0 Å². The molecule has 0 unspecified atom stereocenters. The number of esters is 1. The minimum atomic E-state index is -1.88. The number of rotatable bonds is 7. The third kappa shape index (κ3) is 3.99. The smallest absolute Gasteiger partial charge is 0.343 e. The lowest BCUT2D eigenvalue weighted by atomic mass is 9.71. The first-order chi connectivity index (χ1) is 19.7. The summed E-state index contributed by atoms with van der Waals surface area (Å²) in [7, 11) is 0. The number of carbonyl (C=O) groups excluding carboxylic acids is 1. The average Bonchev–Trinajstić information content (AvgIpc) is 3.32. The minimum absolute atomic E-state index is 0.0433. The van der Waals surface area contributed by atoms with Gasteiger partial charge in [0.15, 0.2) is 5.60 Å². The summed E-state index contributed by atoms with van der Waals surface area (Å²) < 4.78 is 12.6. The van der Waals surface area contributed by atoms with Gasteiger partial charge in [0.25, 0.3) is 5.56 Å². The number of carboxylic acid groups (broad SMARTS) is 1. The van der Waals surface area contributed by atoms with Crippen molar-refractivity contribution >= 4 is 22.8 Å². The van der Waals surface area contributed by atoms with Crippen molar-refractivity contribution in [3.8, 4) is 17.1 Å². The van der Waals surface area contributed by atoms with Crippen LogP contribution in [0.15, 0.2) is 41.2 Å². The van der Waals surface area contributed by atoms with Crippen LogP contribution < -0.4 is 10.3 Å². The second-order valence-corrected chi connectivity index (χ2v) is 11.8. The van der Waals surface area contributed by atoms with Gasteiger partial charge in [-0.15, -0.1) is 0 Å². The predicted molar refractivity (Wildman–Crippen MR) is 148 cm³/mol. The highest BCUT2D eigenvalue weighted by Crippen LogP contribution is 2.43. The Balaban J connectivity index is 1.37. The Morgan fingerprint density at radius 3 is 2.66 bits per heavy atom. The quantitative estimate of drug-likeness (QED) is 0.260. The van der Waals surface area contributed by atoms with E-state index in [2.05, 4.69) is 11.5 Å². The lowest BCUT2D eigenvalue weighted by molar-refractivity contribution is -0.172. The number of hydrogen-bond donors (Lipinski definition) is 2. The molecule has 4 aliphatic heterocycles. The van der Waals surface area contributed by atoms with Crippen molar-refractivity contribution in [2.24, 2.45) is 11.8 Å². The standard InChI is InChI=1S/C31H31N3O7/c1-3-31(39)24-9-26-27-22(13-34(26)28(35)23(24)15-41-30(31)38)21(12-33-10-17-6-18(7-17)11-33)20-8-19(4-5-25(20)32-27)40-14-16(2)29(36)37/h4-5,8-9,17-18,39H,2-3,6-7,10-15H2,1H3,(H,36,37)/t17?,18?,31-/m0/s1. The Morgan fingerprint density at radius 2 is 1.95 bits per heavy atom. The Kier molecular flexibility index (Phi) is 5.85. The predicted octanol–water partition coefficient (Wildman–Crippen LogP) is 2.94. The highest BCUT2D eigenvalue weighted by molar-refractivity contribution is 5.90. The van der Waals surface area contributed by atoms with E-state index in [1.165, 1.54) is 12.8 Å². The van der Waals surface area contributed by atoms with E-state index in [1.807, 2.05) is 12.1 Å². The third-order valence-electron chi connectivity index (χ3n) is 9.24. The number of nitrogens with zero attached hydrogens (tertiary/aromatic N) is 3. The van der Waals surface area contributed by atoms with Gasteiger partial charge in [0.1, 0.15) is 19.0 Å². The first-order valence-electron chi connectivity index (χ1n) is 14.0. The zero-order valence-electron chi connectivity index (χ0n) is 22.8. The van der Waals surface area contributed by atoms with Gasteiger partial charge in [-0.3, -0.25) is 9.69 Å². The van der Waals surface area contributed by atoms with Gasteiger partial charge in [-0.1, -0.05) is 13.5 Å². The van der Waals surface area contributed by atoms with E-state index in [0.29, 0.717) is 58.7 Å². The molecule has 0 amide bonds. The average molecular weight is 558 g/mol. The number of carbonyl (C=O) groups is 2. The maximum Gasteiger partial charge on any atom is 0.343 e. The lowest BCUT2D eigenvalue weighted by Gasteiger charge is -2.47. The number of ether oxygens (including phenoxy) is 2. The van der Waals surface area contributed by atoms with Gasteiger partial charge >= 0.3 is 11.9 Å². The summed E-state index contributed by atoms with van der Waals surface area (Å²) >= 11 is 0. The van der Waals surface area contributed by atoms with E-state index in [0.717, 1.165) is 29.6 Å². The van der Waals surface area contributed by atoms with Crippen LogP contribution in [0.3, 0.4) is 0 Å². The van der Waals surface area contributed by atoms with Crippen LogP contribution in [-0.2, 0) is 39.6 Å². The zero-order valence-corrected chi connectivity index (χ0v) is 22.8. The van der Waals surface area contributed by atoms with E-state index < -0.39 is 17.5 Å². The molecular weight excluding hydrogens is 526 g/mol. The molecule has 10 heteroatoms. The van der Waals surface area contributed by atoms with Gasteiger partial charge in [-0.25, -0.2) is 14.6 Å². The summed E-state index contributed by atoms with van der Waals surface area (Å²) in [4.78, 5) is 44.9. The zero-order chi connectivity index (χ0) is 28.6. The normalized spacial score (nSPS) is 24.2. The van der Waals surface area contributed by atoms with Gasteiger partial charge in [0, 0.05) is 36.1 Å². The Hall–Kier alpha value is -4.02. The molecule has 3 fully saturated rings. The monoisotopic (exact) mass is 557 g/mol.